The largest absolute Gasteiger partial charge is 0.0776 e. The van der Waals surface area contributed by atoms with Gasteiger partial charge >= 0.3 is 0 Å². The summed E-state index contributed by atoms with van der Waals surface area (Å²) in [6.45, 7) is 4.62. The minimum atomic E-state index is 0.704. The van der Waals surface area contributed by atoms with E-state index in [2.05, 4.69) is 87.4 Å². The van der Waals surface area contributed by atoms with Gasteiger partial charge in [0.2, 0.25) is 0 Å². The highest BCUT2D eigenvalue weighted by Crippen LogP contribution is 2.55. The molecule has 1 aliphatic rings. The van der Waals surface area contributed by atoms with Gasteiger partial charge in [-0.3, -0.25) is 0 Å². The van der Waals surface area contributed by atoms with E-state index in [4.69, 9.17) is 0 Å². The van der Waals surface area contributed by atoms with Crippen LogP contribution in [0.1, 0.15) is 25.8 Å². The predicted molar refractivity (Wildman–Crippen MR) is 87.5 cm³/mol. The predicted octanol–water partition coefficient (Wildman–Crippen LogP) is 5.70. The van der Waals surface area contributed by atoms with Gasteiger partial charge in [0.1, 0.15) is 0 Å². The van der Waals surface area contributed by atoms with Crippen molar-refractivity contribution in [2.45, 2.75) is 35.9 Å². The highest BCUT2D eigenvalue weighted by atomic mass is 33.2. The van der Waals surface area contributed by atoms with Gasteiger partial charge in [0.25, 0.3) is 0 Å². The van der Waals surface area contributed by atoms with E-state index in [1.54, 1.807) is 0 Å². The molecule has 0 atom stereocenters. The van der Waals surface area contributed by atoms with Crippen molar-refractivity contribution in [2.24, 2.45) is 5.92 Å². The Labute approximate surface area is 120 Å². The van der Waals surface area contributed by atoms with E-state index in [0.29, 0.717) is 4.58 Å². The maximum absolute atomic E-state index is 2.31. The Hall–Kier alpha value is 0.620. The molecular formula is C13H18S4. The van der Waals surface area contributed by atoms with Gasteiger partial charge in [-0.05, 0) is 24.3 Å². The van der Waals surface area contributed by atoms with E-state index in [1.165, 1.54) is 18.4 Å². The van der Waals surface area contributed by atoms with Crippen molar-refractivity contribution < 1.29 is 0 Å². The van der Waals surface area contributed by atoms with Crippen molar-refractivity contribution in [2.75, 3.05) is 0 Å². The summed E-state index contributed by atoms with van der Waals surface area (Å²) in [5, 5.41) is 0. The van der Waals surface area contributed by atoms with Crippen LogP contribution in [0.15, 0.2) is 30.3 Å². The Morgan fingerprint density at radius 3 is 2.12 bits per heavy atom. The molecule has 94 valence electrons. The Balaban J connectivity index is 1.76. The fourth-order valence-electron chi connectivity index (χ4n) is 1.62. The Morgan fingerprint density at radius 1 is 0.941 bits per heavy atom. The lowest BCUT2D eigenvalue weighted by molar-refractivity contribution is 0.621. The van der Waals surface area contributed by atoms with Crippen LogP contribution < -0.4 is 0 Å². The van der Waals surface area contributed by atoms with Crippen LogP contribution in [-0.2, 0) is 6.42 Å². The highest BCUT2D eigenvalue weighted by Gasteiger charge is 2.24. The molecule has 17 heavy (non-hydrogen) atoms. The summed E-state index contributed by atoms with van der Waals surface area (Å²) in [5.41, 5.74) is 1.46. The molecule has 0 nitrogen and oxygen atoms in total. The van der Waals surface area contributed by atoms with Gasteiger partial charge in [-0.1, -0.05) is 87.4 Å². The van der Waals surface area contributed by atoms with E-state index in [9.17, 15) is 0 Å². The average Bonchev–Trinajstić information content (AvgIpc) is 2.32. The molecular weight excluding hydrogens is 284 g/mol. The van der Waals surface area contributed by atoms with Gasteiger partial charge in [0.05, 0.1) is 9.16 Å². The zero-order valence-corrected chi connectivity index (χ0v) is 13.4. The Bertz CT molecular complexity index is 317. The molecule has 1 aromatic carbocycles. The number of hydrogen-bond donors (Lipinski definition) is 0. The van der Waals surface area contributed by atoms with E-state index in [0.717, 1.165) is 10.5 Å². The minimum absolute atomic E-state index is 0.704. The summed E-state index contributed by atoms with van der Waals surface area (Å²) >= 11 is 0. The maximum atomic E-state index is 2.31. The van der Waals surface area contributed by atoms with Crippen molar-refractivity contribution in [3.63, 3.8) is 0 Å². The van der Waals surface area contributed by atoms with Gasteiger partial charge in [0.15, 0.2) is 0 Å². The molecule has 2 rings (SSSR count). The second-order valence-electron chi connectivity index (χ2n) is 4.56. The van der Waals surface area contributed by atoms with Crippen molar-refractivity contribution in [1.82, 2.24) is 0 Å². The second-order valence-corrected chi connectivity index (χ2v) is 10.5. The molecule has 0 saturated carbocycles. The first-order chi connectivity index (χ1) is 8.24. The topological polar surface area (TPSA) is 0 Å². The molecule has 0 spiro atoms. The van der Waals surface area contributed by atoms with Crippen LogP contribution in [0.4, 0.5) is 0 Å². The number of benzene rings is 1. The second kappa shape index (κ2) is 7.27. The lowest BCUT2D eigenvalue weighted by Crippen LogP contribution is -2.08. The Kier molecular flexibility index (Phi) is 6.00. The van der Waals surface area contributed by atoms with Gasteiger partial charge in [-0.2, -0.15) is 0 Å². The first kappa shape index (κ1) is 14.0. The summed E-state index contributed by atoms with van der Waals surface area (Å²) in [4.78, 5) is 0. The third-order valence-electron chi connectivity index (χ3n) is 2.45. The zero-order chi connectivity index (χ0) is 12.1. The third-order valence-corrected chi connectivity index (χ3v) is 10.3. The monoisotopic (exact) mass is 302 g/mol. The molecule has 0 radical (unpaired) electrons. The smallest absolute Gasteiger partial charge is 0.0750 e. The third kappa shape index (κ3) is 5.01. The number of rotatable bonds is 4. The van der Waals surface area contributed by atoms with Crippen LogP contribution in [0.5, 0.6) is 0 Å². The molecule has 4 heteroatoms. The van der Waals surface area contributed by atoms with Gasteiger partial charge < -0.3 is 0 Å². The normalized spacial score (nSPS) is 25.1. The zero-order valence-electron chi connectivity index (χ0n) is 10.2. The van der Waals surface area contributed by atoms with E-state index in [1.807, 2.05) is 0 Å². The molecule has 1 saturated heterocycles. The first-order valence-electron chi connectivity index (χ1n) is 5.92. The highest BCUT2D eigenvalue weighted by molar-refractivity contribution is 8.93. The summed E-state index contributed by atoms with van der Waals surface area (Å²) in [6.07, 6.45) is 2.51. The summed E-state index contributed by atoms with van der Waals surface area (Å²) in [6, 6.07) is 10.8. The fraction of sp³-hybridized carbons (Fsp3) is 0.538. The van der Waals surface area contributed by atoms with Crippen LogP contribution in [0.25, 0.3) is 0 Å². The van der Waals surface area contributed by atoms with Crippen molar-refractivity contribution in [3.05, 3.63) is 35.9 Å². The lowest BCUT2D eigenvalue weighted by Gasteiger charge is -2.26. The fourth-order valence-corrected chi connectivity index (χ4v) is 10.1. The van der Waals surface area contributed by atoms with Gasteiger partial charge in [-0.15, -0.1) is 0 Å². The average molecular weight is 303 g/mol. The van der Waals surface area contributed by atoms with Crippen LogP contribution >= 0.6 is 43.2 Å². The summed E-state index contributed by atoms with van der Waals surface area (Å²) in [5.74, 6) is 0.812. The maximum Gasteiger partial charge on any atom is 0.0750 e. The SMILES string of the molecule is CC(C)CC1SSC(Cc2ccccc2)SS1. The van der Waals surface area contributed by atoms with Gasteiger partial charge in [-0.25, -0.2) is 0 Å². The molecule has 0 aliphatic carbocycles. The first-order valence-corrected chi connectivity index (χ1v) is 10.5. The van der Waals surface area contributed by atoms with Crippen molar-refractivity contribution in [3.8, 4) is 0 Å². The Morgan fingerprint density at radius 2 is 1.53 bits per heavy atom. The van der Waals surface area contributed by atoms with Gasteiger partial charge in [0, 0.05) is 0 Å². The van der Waals surface area contributed by atoms with E-state index < -0.39 is 0 Å². The summed E-state index contributed by atoms with van der Waals surface area (Å²) in [7, 11) is 8.29. The van der Waals surface area contributed by atoms with Crippen LogP contribution in [0.2, 0.25) is 0 Å². The molecule has 0 amide bonds. The van der Waals surface area contributed by atoms with Crippen LogP contribution in [0.3, 0.4) is 0 Å². The van der Waals surface area contributed by atoms with Crippen molar-refractivity contribution in [1.29, 1.82) is 0 Å². The standard InChI is InChI=1S/C13H18S4/c1-10(2)8-12-14-16-13(17-15-12)9-11-6-4-3-5-7-11/h3-7,10,12-13H,8-9H2,1-2H3. The molecule has 1 aliphatic heterocycles. The quantitative estimate of drug-likeness (QED) is 0.654. The molecule has 0 aromatic heterocycles. The minimum Gasteiger partial charge on any atom is -0.0776 e. The lowest BCUT2D eigenvalue weighted by atomic mass is 10.2. The molecule has 1 aromatic rings. The van der Waals surface area contributed by atoms with Crippen LogP contribution in [-0.4, -0.2) is 9.16 Å². The molecule has 0 bridgehead atoms. The molecule has 0 N–H and O–H groups in total. The number of hydrogen-bond acceptors (Lipinski definition) is 4. The van der Waals surface area contributed by atoms with Crippen LogP contribution in [0, 0.1) is 5.92 Å². The molecule has 1 heterocycles. The molecule has 0 unspecified atom stereocenters. The van der Waals surface area contributed by atoms with E-state index >= 15 is 0 Å². The van der Waals surface area contributed by atoms with Crippen molar-refractivity contribution >= 4 is 43.2 Å². The molecule has 1 fully saturated rings. The van der Waals surface area contributed by atoms with E-state index in [-0.39, 0.29) is 0 Å². The summed E-state index contributed by atoms with van der Waals surface area (Å²) < 4.78 is 1.48.